The number of aryl methyl sites for hydroxylation is 4. The SMILES string of the molecule is C=CC(Nc1onc(C)c1Cl)S(=O)(=O)c1c(C)csc1C(=O)Nc1cc(C)cc(C)c1C(=O)CO. The first kappa shape index (κ1) is 26.6. The van der Waals surface area contributed by atoms with Crippen LogP contribution in [-0.2, 0) is 9.84 Å². The molecule has 0 bridgehead atoms. The highest BCUT2D eigenvalue weighted by Crippen LogP contribution is 2.34. The number of amides is 1. The lowest BCUT2D eigenvalue weighted by Crippen LogP contribution is -2.29. The minimum absolute atomic E-state index is 0.0427. The number of hydrogen-bond acceptors (Lipinski definition) is 9. The van der Waals surface area contributed by atoms with Crippen LogP contribution in [0.1, 0.15) is 42.4 Å². The molecule has 1 atom stereocenters. The number of sulfone groups is 1. The van der Waals surface area contributed by atoms with Gasteiger partial charge in [0.25, 0.3) is 5.91 Å². The van der Waals surface area contributed by atoms with Crippen molar-refractivity contribution in [3.63, 3.8) is 0 Å². The van der Waals surface area contributed by atoms with Crippen LogP contribution in [0, 0.1) is 27.7 Å². The highest BCUT2D eigenvalue weighted by Gasteiger charge is 2.34. The number of aromatic nitrogens is 1. The van der Waals surface area contributed by atoms with Crippen molar-refractivity contribution < 1.29 is 27.6 Å². The molecular formula is C23H24ClN3O6S2. The molecular weight excluding hydrogens is 514 g/mol. The quantitative estimate of drug-likeness (QED) is 0.269. The lowest BCUT2D eigenvalue weighted by molar-refractivity contribution is 0.0904. The molecule has 0 fully saturated rings. The third-order valence-corrected chi connectivity index (χ3v) is 8.92. The van der Waals surface area contributed by atoms with Gasteiger partial charge in [0, 0.05) is 5.56 Å². The Morgan fingerprint density at radius 2 is 1.94 bits per heavy atom. The summed E-state index contributed by atoms with van der Waals surface area (Å²) < 4.78 is 32.2. The van der Waals surface area contributed by atoms with Crippen molar-refractivity contribution in [2.45, 2.75) is 38.0 Å². The van der Waals surface area contributed by atoms with Gasteiger partial charge in [-0.1, -0.05) is 35.5 Å². The number of nitrogens with one attached hydrogen (secondary N) is 2. The molecule has 3 N–H and O–H groups in total. The number of aliphatic hydroxyl groups excluding tert-OH is 1. The third kappa shape index (κ3) is 5.18. The van der Waals surface area contributed by atoms with E-state index in [1.54, 1.807) is 45.2 Å². The average Bonchev–Trinajstić information content (AvgIpc) is 3.33. The number of Topliss-reactive ketones (excluding diaryl/α,β-unsaturated/α-hetero) is 1. The van der Waals surface area contributed by atoms with E-state index in [2.05, 4.69) is 22.4 Å². The van der Waals surface area contributed by atoms with E-state index < -0.39 is 33.5 Å². The van der Waals surface area contributed by atoms with Gasteiger partial charge in [-0.3, -0.25) is 9.59 Å². The van der Waals surface area contributed by atoms with E-state index in [1.807, 2.05) is 0 Å². The Bertz CT molecular complexity index is 1430. The molecule has 0 radical (unpaired) electrons. The predicted octanol–water partition coefficient (Wildman–Crippen LogP) is 4.45. The second-order valence-corrected chi connectivity index (χ2v) is 11.1. The summed E-state index contributed by atoms with van der Waals surface area (Å²) in [4.78, 5) is 25.3. The fourth-order valence-corrected chi connectivity index (χ4v) is 6.76. The van der Waals surface area contributed by atoms with Crippen LogP contribution < -0.4 is 10.6 Å². The van der Waals surface area contributed by atoms with Crippen molar-refractivity contribution in [3.8, 4) is 0 Å². The zero-order chi connectivity index (χ0) is 26.1. The molecule has 1 amide bonds. The molecule has 0 saturated heterocycles. The molecule has 3 rings (SSSR count). The third-order valence-electron chi connectivity index (χ3n) is 5.17. The summed E-state index contributed by atoms with van der Waals surface area (Å²) in [5.74, 6) is -1.32. The Balaban J connectivity index is 2.02. The molecule has 3 aromatic rings. The van der Waals surface area contributed by atoms with Crippen LogP contribution in [0.2, 0.25) is 5.02 Å². The molecule has 0 aliphatic carbocycles. The van der Waals surface area contributed by atoms with Crippen LogP contribution in [0.25, 0.3) is 0 Å². The summed E-state index contributed by atoms with van der Waals surface area (Å²) in [5.41, 5.74) is 2.43. The van der Waals surface area contributed by atoms with Crippen LogP contribution >= 0.6 is 22.9 Å². The zero-order valence-electron chi connectivity index (χ0n) is 19.4. The second-order valence-electron chi connectivity index (χ2n) is 7.87. The van der Waals surface area contributed by atoms with Gasteiger partial charge in [0.05, 0.1) is 10.6 Å². The monoisotopic (exact) mass is 537 g/mol. The maximum atomic E-state index is 13.6. The number of nitrogens with zero attached hydrogens (tertiary/aromatic N) is 1. The van der Waals surface area contributed by atoms with Crippen molar-refractivity contribution in [1.82, 2.24) is 5.16 Å². The predicted molar refractivity (Wildman–Crippen MR) is 135 cm³/mol. The Morgan fingerprint density at radius 1 is 1.26 bits per heavy atom. The lowest BCUT2D eigenvalue weighted by Gasteiger charge is -2.17. The van der Waals surface area contributed by atoms with E-state index in [9.17, 15) is 23.1 Å². The van der Waals surface area contributed by atoms with Gasteiger partial charge >= 0.3 is 0 Å². The summed E-state index contributed by atoms with van der Waals surface area (Å²) in [6, 6.07) is 3.34. The Labute approximate surface area is 211 Å². The largest absolute Gasteiger partial charge is 0.388 e. The van der Waals surface area contributed by atoms with Gasteiger partial charge in [-0.05, 0) is 55.8 Å². The molecule has 186 valence electrons. The summed E-state index contributed by atoms with van der Waals surface area (Å²) in [5, 5.41) is 18.7. The molecule has 2 heterocycles. The van der Waals surface area contributed by atoms with Crippen LogP contribution in [0.15, 0.2) is 39.6 Å². The molecule has 0 aliphatic rings. The maximum absolute atomic E-state index is 13.6. The lowest BCUT2D eigenvalue weighted by atomic mass is 9.99. The number of carbonyl (C=O) groups excluding carboxylic acids is 2. The highest BCUT2D eigenvalue weighted by atomic mass is 35.5. The molecule has 0 spiro atoms. The topological polar surface area (TPSA) is 139 Å². The number of rotatable bonds is 9. The molecule has 1 unspecified atom stereocenters. The molecule has 12 heteroatoms. The molecule has 9 nitrogen and oxygen atoms in total. The van der Waals surface area contributed by atoms with Crippen LogP contribution in [-0.4, -0.2) is 42.4 Å². The molecule has 0 aliphatic heterocycles. The zero-order valence-corrected chi connectivity index (χ0v) is 21.8. The van der Waals surface area contributed by atoms with Crippen molar-refractivity contribution in [1.29, 1.82) is 0 Å². The average molecular weight is 538 g/mol. The normalized spacial score (nSPS) is 12.3. The summed E-state index contributed by atoms with van der Waals surface area (Å²) in [6.07, 6.45) is 1.16. The van der Waals surface area contributed by atoms with Gasteiger partial charge in [0.15, 0.2) is 11.2 Å². The van der Waals surface area contributed by atoms with Gasteiger partial charge in [-0.15, -0.1) is 11.3 Å². The molecule has 0 saturated carbocycles. The fourth-order valence-electron chi connectivity index (χ4n) is 3.61. The fraction of sp³-hybridized carbons (Fsp3) is 0.261. The van der Waals surface area contributed by atoms with Gasteiger partial charge < -0.3 is 20.3 Å². The van der Waals surface area contributed by atoms with Gasteiger partial charge in [0.2, 0.25) is 15.7 Å². The number of carbonyl (C=O) groups is 2. The van der Waals surface area contributed by atoms with E-state index in [0.29, 0.717) is 16.8 Å². The Morgan fingerprint density at radius 3 is 2.51 bits per heavy atom. The van der Waals surface area contributed by atoms with Gasteiger partial charge in [-0.25, -0.2) is 8.42 Å². The van der Waals surface area contributed by atoms with Crippen molar-refractivity contribution in [2.24, 2.45) is 0 Å². The number of ketones is 1. The second kappa shape index (κ2) is 10.3. The molecule has 2 aromatic heterocycles. The summed E-state index contributed by atoms with van der Waals surface area (Å²) >= 11 is 7.06. The van der Waals surface area contributed by atoms with Crippen molar-refractivity contribution in [2.75, 3.05) is 17.2 Å². The highest BCUT2D eigenvalue weighted by molar-refractivity contribution is 7.92. The minimum Gasteiger partial charge on any atom is -0.388 e. The van der Waals surface area contributed by atoms with Crippen molar-refractivity contribution in [3.05, 3.63) is 68.0 Å². The number of anilines is 2. The first-order valence-corrected chi connectivity index (χ1v) is 13.1. The maximum Gasteiger partial charge on any atom is 0.267 e. The molecule has 1 aromatic carbocycles. The minimum atomic E-state index is -4.19. The first-order chi connectivity index (χ1) is 16.4. The van der Waals surface area contributed by atoms with Crippen LogP contribution in [0.5, 0.6) is 0 Å². The molecule has 35 heavy (non-hydrogen) atoms. The smallest absolute Gasteiger partial charge is 0.267 e. The number of thiophene rings is 1. The summed E-state index contributed by atoms with van der Waals surface area (Å²) in [6.45, 7) is 9.51. The standard InChI is InChI=1S/C23H24ClN3O6S2/c1-6-17(26-23-19(24)14(5)27-33-23)35(31,32)21-13(4)10-34-20(21)22(30)25-15-8-11(2)7-12(3)18(15)16(29)9-28/h6-8,10,17,26,28H,1,9H2,2-5H3,(H,25,30). The van der Waals surface area contributed by atoms with E-state index in [1.165, 1.54) is 0 Å². The Hall–Kier alpha value is -2.99. The number of hydrogen-bond donors (Lipinski definition) is 3. The van der Waals surface area contributed by atoms with E-state index >= 15 is 0 Å². The van der Waals surface area contributed by atoms with Crippen LogP contribution in [0.4, 0.5) is 11.6 Å². The summed E-state index contributed by atoms with van der Waals surface area (Å²) in [7, 11) is -4.19. The number of halogens is 1. The van der Waals surface area contributed by atoms with Crippen molar-refractivity contribution >= 4 is 56.0 Å². The van der Waals surface area contributed by atoms with E-state index in [0.717, 1.165) is 23.0 Å². The van der Waals surface area contributed by atoms with E-state index in [-0.39, 0.29) is 31.9 Å². The Kier molecular flexibility index (Phi) is 7.85. The van der Waals surface area contributed by atoms with Gasteiger partial charge in [-0.2, -0.15) is 0 Å². The number of aliphatic hydroxyl groups is 1. The van der Waals surface area contributed by atoms with E-state index in [4.69, 9.17) is 16.1 Å². The first-order valence-electron chi connectivity index (χ1n) is 10.3. The number of benzene rings is 1. The van der Waals surface area contributed by atoms with Crippen LogP contribution in [0.3, 0.4) is 0 Å². The van der Waals surface area contributed by atoms with Gasteiger partial charge in [0.1, 0.15) is 22.2 Å².